The van der Waals surface area contributed by atoms with Crippen molar-refractivity contribution < 1.29 is 9.59 Å². The lowest BCUT2D eigenvalue weighted by atomic mass is 9.89. The van der Waals surface area contributed by atoms with Crippen molar-refractivity contribution in [3.8, 4) is 0 Å². The van der Waals surface area contributed by atoms with Crippen molar-refractivity contribution >= 4 is 29.1 Å². The first-order chi connectivity index (χ1) is 13.5. The minimum absolute atomic E-state index is 0.101. The van der Waals surface area contributed by atoms with E-state index in [1.54, 1.807) is 12.1 Å². The molecule has 3 aliphatic heterocycles. The van der Waals surface area contributed by atoms with Crippen LogP contribution in [0.25, 0.3) is 0 Å². The number of carbonyl (C=O) groups is 2. The minimum atomic E-state index is -0.429. The molecule has 0 bridgehead atoms. The molecule has 3 fully saturated rings. The number of aryl methyl sites for hydroxylation is 2. The molecule has 0 radical (unpaired) electrons. The van der Waals surface area contributed by atoms with Gasteiger partial charge in [-0.15, -0.1) is 0 Å². The molecular weight excluding hydrogens is 374 g/mol. The summed E-state index contributed by atoms with van der Waals surface area (Å²) in [6, 6.07) is 13.2. The molecule has 0 aliphatic carbocycles. The van der Waals surface area contributed by atoms with Crippen LogP contribution in [0.5, 0.6) is 0 Å². The molecule has 0 spiro atoms. The first kappa shape index (κ1) is 17.9. The van der Waals surface area contributed by atoms with E-state index in [1.165, 1.54) is 10.5 Å². The summed E-state index contributed by atoms with van der Waals surface area (Å²) in [5.41, 5.74) is 3.76. The molecule has 3 atom stereocenters. The van der Waals surface area contributed by atoms with E-state index in [0.29, 0.717) is 10.7 Å². The van der Waals surface area contributed by atoms with Crippen LogP contribution >= 0.6 is 11.6 Å². The highest BCUT2D eigenvalue weighted by molar-refractivity contribution is 6.32. The molecule has 5 rings (SSSR count). The number of rotatable bonds is 2. The van der Waals surface area contributed by atoms with Gasteiger partial charge in [0.15, 0.2) is 0 Å². The fraction of sp³-hybridized carbons (Fsp3) is 0.364. The van der Waals surface area contributed by atoms with Gasteiger partial charge in [-0.2, -0.15) is 0 Å². The van der Waals surface area contributed by atoms with Crippen LogP contribution in [0.15, 0.2) is 42.5 Å². The maximum Gasteiger partial charge on any atom is 0.253 e. The number of imide groups is 1. The first-order valence-electron chi connectivity index (χ1n) is 9.71. The van der Waals surface area contributed by atoms with Gasteiger partial charge in [-0.3, -0.25) is 9.59 Å². The number of anilines is 1. The van der Waals surface area contributed by atoms with Crippen molar-refractivity contribution in [1.29, 1.82) is 0 Å². The Hall–Kier alpha value is -2.21. The quantitative estimate of drug-likeness (QED) is 0.730. The van der Waals surface area contributed by atoms with Crippen molar-refractivity contribution in [3.63, 3.8) is 0 Å². The van der Waals surface area contributed by atoms with Crippen LogP contribution in [0.2, 0.25) is 5.02 Å². The molecule has 2 amide bonds. The van der Waals surface area contributed by atoms with Crippen LogP contribution in [-0.2, 0) is 9.59 Å². The predicted molar refractivity (Wildman–Crippen MR) is 108 cm³/mol. The Balaban J connectivity index is 1.58. The number of hydrogen-bond acceptors (Lipinski definition) is 4. The average Bonchev–Trinajstić information content (AvgIpc) is 3.31. The van der Waals surface area contributed by atoms with E-state index in [4.69, 9.17) is 11.6 Å². The van der Waals surface area contributed by atoms with Crippen LogP contribution in [0.3, 0.4) is 0 Å². The van der Waals surface area contributed by atoms with Gasteiger partial charge in [-0.05, 0) is 43.5 Å². The summed E-state index contributed by atoms with van der Waals surface area (Å²) >= 11 is 6.27. The lowest BCUT2D eigenvalue weighted by Gasteiger charge is -2.30. The van der Waals surface area contributed by atoms with E-state index < -0.39 is 12.0 Å². The SMILES string of the molecule is Cc1ccc([C@@H]2[C@@H]3C(=O)N(c4ccc(C)c(Cl)c4)C(=O)[C@H]3N3CCCN23)cc1. The Bertz CT molecular complexity index is 974. The van der Waals surface area contributed by atoms with Gasteiger partial charge in [-0.25, -0.2) is 14.9 Å². The third kappa shape index (κ3) is 2.47. The summed E-state index contributed by atoms with van der Waals surface area (Å²) in [4.78, 5) is 28.2. The van der Waals surface area contributed by atoms with E-state index in [0.717, 1.165) is 30.6 Å². The first-order valence-corrected chi connectivity index (χ1v) is 10.1. The second-order valence-corrected chi connectivity index (χ2v) is 8.36. The lowest BCUT2D eigenvalue weighted by Crippen LogP contribution is -2.44. The van der Waals surface area contributed by atoms with E-state index in [-0.39, 0.29) is 17.9 Å². The number of carbonyl (C=O) groups excluding carboxylic acids is 2. The predicted octanol–water partition coefficient (Wildman–Crippen LogP) is 3.49. The highest BCUT2D eigenvalue weighted by Crippen LogP contribution is 2.49. The molecule has 5 nitrogen and oxygen atoms in total. The molecule has 0 aromatic heterocycles. The number of benzene rings is 2. The van der Waals surface area contributed by atoms with E-state index in [1.807, 2.05) is 13.0 Å². The molecule has 144 valence electrons. The van der Waals surface area contributed by atoms with Crippen LogP contribution in [-0.4, -0.2) is 41.0 Å². The van der Waals surface area contributed by atoms with Gasteiger partial charge in [0.05, 0.1) is 17.6 Å². The normalized spacial score (nSPS) is 27.5. The zero-order valence-electron chi connectivity index (χ0n) is 15.9. The molecule has 6 heteroatoms. The van der Waals surface area contributed by atoms with E-state index in [9.17, 15) is 9.59 Å². The summed E-state index contributed by atoms with van der Waals surface area (Å²) in [6.45, 7) is 5.65. The summed E-state index contributed by atoms with van der Waals surface area (Å²) in [5, 5.41) is 4.91. The van der Waals surface area contributed by atoms with Crippen LogP contribution in [0, 0.1) is 19.8 Å². The Morgan fingerprint density at radius 3 is 2.25 bits per heavy atom. The Labute approximate surface area is 169 Å². The molecule has 3 saturated heterocycles. The molecule has 2 aromatic carbocycles. The zero-order chi connectivity index (χ0) is 19.6. The summed E-state index contributed by atoms with van der Waals surface area (Å²) in [7, 11) is 0. The van der Waals surface area contributed by atoms with Gasteiger partial charge in [0.2, 0.25) is 5.91 Å². The maximum absolute atomic E-state index is 13.5. The van der Waals surface area contributed by atoms with Gasteiger partial charge in [-0.1, -0.05) is 47.5 Å². The number of fused-ring (bicyclic) bond motifs is 3. The summed E-state index contributed by atoms with van der Waals surface area (Å²) in [5.74, 6) is -0.665. The smallest absolute Gasteiger partial charge is 0.253 e. The van der Waals surface area contributed by atoms with Gasteiger partial charge >= 0.3 is 0 Å². The number of hydrogen-bond donors (Lipinski definition) is 0. The lowest BCUT2D eigenvalue weighted by molar-refractivity contribution is -0.126. The molecule has 28 heavy (non-hydrogen) atoms. The van der Waals surface area contributed by atoms with Gasteiger partial charge in [0, 0.05) is 18.1 Å². The molecular formula is C22H22ClN3O2. The zero-order valence-corrected chi connectivity index (χ0v) is 16.7. The molecule has 2 aromatic rings. The van der Waals surface area contributed by atoms with Crippen LogP contribution in [0.4, 0.5) is 5.69 Å². The number of hydrazine groups is 1. The Morgan fingerprint density at radius 1 is 0.893 bits per heavy atom. The second kappa shape index (κ2) is 6.41. The summed E-state index contributed by atoms with van der Waals surface area (Å²) in [6.07, 6.45) is 1.00. The van der Waals surface area contributed by atoms with E-state index >= 15 is 0 Å². The van der Waals surface area contributed by atoms with Crippen LogP contribution in [0.1, 0.15) is 29.2 Å². The fourth-order valence-electron chi connectivity index (χ4n) is 4.85. The standard InChI is InChI=1S/C22H22ClN3O2/c1-13-4-7-15(8-5-13)19-18-20(25-11-3-10-24(19)25)22(28)26(21(18)27)16-9-6-14(2)17(23)12-16/h4-9,12,18-20H,3,10-11H2,1-2H3/t18-,19+,20-/m0/s1. The fourth-order valence-corrected chi connectivity index (χ4v) is 5.03. The molecule has 0 N–H and O–H groups in total. The number of amides is 2. The third-order valence-corrected chi connectivity index (χ3v) is 6.65. The highest BCUT2D eigenvalue weighted by atomic mass is 35.5. The highest BCUT2D eigenvalue weighted by Gasteiger charge is 2.62. The molecule has 3 heterocycles. The Kier molecular flexibility index (Phi) is 4.09. The number of nitrogens with zero attached hydrogens (tertiary/aromatic N) is 3. The van der Waals surface area contributed by atoms with Gasteiger partial charge < -0.3 is 0 Å². The summed E-state index contributed by atoms with van der Waals surface area (Å²) < 4.78 is 0. The van der Waals surface area contributed by atoms with Crippen molar-refractivity contribution in [2.45, 2.75) is 32.4 Å². The van der Waals surface area contributed by atoms with Crippen molar-refractivity contribution in [2.24, 2.45) is 5.92 Å². The van der Waals surface area contributed by atoms with Gasteiger partial charge in [0.1, 0.15) is 6.04 Å². The topological polar surface area (TPSA) is 43.9 Å². The van der Waals surface area contributed by atoms with Crippen LogP contribution < -0.4 is 4.90 Å². The van der Waals surface area contributed by atoms with Crippen molar-refractivity contribution in [1.82, 2.24) is 10.0 Å². The minimum Gasteiger partial charge on any atom is -0.274 e. The van der Waals surface area contributed by atoms with E-state index in [2.05, 4.69) is 41.2 Å². The Morgan fingerprint density at radius 2 is 1.57 bits per heavy atom. The molecule has 0 unspecified atom stereocenters. The second-order valence-electron chi connectivity index (χ2n) is 7.95. The number of halogens is 1. The molecule has 3 aliphatic rings. The maximum atomic E-state index is 13.5. The van der Waals surface area contributed by atoms with Crippen molar-refractivity contribution in [2.75, 3.05) is 18.0 Å². The van der Waals surface area contributed by atoms with Crippen molar-refractivity contribution in [3.05, 3.63) is 64.2 Å². The molecule has 0 saturated carbocycles. The largest absolute Gasteiger partial charge is 0.274 e. The third-order valence-electron chi connectivity index (χ3n) is 6.24. The monoisotopic (exact) mass is 395 g/mol. The average molecular weight is 396 g/mol. The van der Waals surface area contributed by atoms with Gasteiger partial charge in [0.25, 0.3) is 5.91 Å².